The number of allylic oxidation sites excluding steroid dienone is 4. The summed E-state index contributed by atoms with van der Waals surface area (Å²) in [5.41, 5.74) is 15.0. The van der Waals surface area contributed by atoms with Gasteiger partial charge in [0.05, 0.1) is 39.1 Å². The monoisotopic (exact) mass is 813 g/mol. The maximum atomic E-state index is 6.47. The number of aromatic nitrogens is 3. The molecule has 0 bridgehead atoms. The lowest BCUT2D eigenvalue weighted by Gasteiger charge is -2.13. The van der Waals surface area contributed by atoms with Crippen LogP contribution in [0.3, 0.4) is 0 Å². The number of hydrogen-bond acceptors (Lipinski definition) is 4. The molecule has 0 aliphatic heterocycles. The summed E-state index contributed by atoms with van der Waals surface area (Å²) < 4.78 is 11.1. The van der Waals surface area contributed by atoms with Crippen LogP contribution in [0.15, 0.2) is 190 Å². The lowest BCUT2D eigenvalue weighted by molar-refractivity contribution is 0.669. The molecule has 0 saturated heterocycles. The first kappa shape index (κ1) is 37.9. The molecule has 4 heterocycles. The van der Waals surface area contributed by atoms with Gasteiger partial charge in [-0.2, -0.15) is 0 Å². The van der Waals surface area contributed by atoms with E-state index in [9.17, 15) is 0 Å². The number of para-hydroxylation sites is 2. The van der Waals surface area contributed by atoms with E-state index in [1.807, 2.05) is 19.2 Å². The highest BCUT2D eigenvalue weighted by Gasteiger charge is 2.21. The fraction of sp³-hybridized carbons (Fsp3) is 0.0702. The maximum absolute atomic E-state index is 6.47. The van der Waals surface area contributed by atoms with E-state index in [0.717, 1.165) is 107 Å². The van der Waals surface area contributed by atoms with E-state index in [4.69, 9.17) is 14.4 Å². The average molecular weight is 814 g/mol. The number of nitrogens with zero attached hydrogens (tertiary/aromatic N) is 5. The van der Waals surface area contributed by atoms with Crippen molar-refractivity contribution in [1.29, 1.82) is 0 Å². The third-order valence-electron chi connectivity index (χ3n) is 12.2. The van der Waals surface area contributed by atoms with E-state index in [1.165, 1.54) is 21.8 Å². The number of aliphatic imine (C=N–C) groups is 2. The standard InChI is InChI=1S/C57H43N5O/c1-5-7-9-16-36(3)48-33-40(37-17-10-8-11-18-37)34-55(60-48)62-51-27-23-38(32-46(51)56-52(62)28-26-47(58-4)57(56)59-6-2)39-24-29-53-44(31-39)45-35-41(25-30-54(45)63-53)61-49-21-14-12-19-42(49)43-20-13-15-22-50(43)61/h6-35H,4-5H2,1-3H3/b9-7-,36-16+,59-6?. The molecule has 11 rings (SSSR count). The lowest BCUT2D eigenvalue weighted by atomic mass is 10.00. The van der Waals surface area contributed by atoms with Gasteiger partial charge in [-0.25, -0.2) is 4.98 Å². The van der Waals surface area contributed by atoms with Gasteiger partial charge in [-0.05, 0) is 134 Å². The molecule has 6 heteroatoms. The van der Waals surface area contributed by atoms with E-state index in [2.05, 4.69) is 205 Å². The lowest BCUT2D eigenvalue weighted by Crippen LogP contribution is -2.01. The molecular weight excluding hydrogens is 771 g/mol. The van der Waals surface area contributed by atoms with Crippen LogP contribution in [-0.2, 0) is 0 Å². The Labute approximate surface area is 365 Å². The van der Waals surface area contributed by atoms with E-state index in [1.54, 1.807) is 0 Å². The molecule has 0 aliphatic carbocycles. The summed E-state index contributed by atoms with van der Waals surface area (Å²) in [6.07, 6.45) is 9.21. The number of hydrogen-bond donors (Lipinski definition) is 0. The summed E-state index contributed by atoms with van der Waals surface area (Å²) in [5.74, 6) is 0.822. The molecule has 0 aliphatic rings. The number of pyridine rings is 1. The summed E-state index contributed by atoms with van der Waals surface area (Å²) in [6, 6.07) is 56.0. The van der Waals surface area contributed by atoms with Crippen molar-refractivity contribution in [3.05, 3.63) is 182 Å². The SMILES string of the molecule is C=Nc1ccc2c(c1N=CC)c1cc(-c3ccc4oc5ccc(-n6c7ccccc7c7ccccc76)cc5c4c3)ccc1n2-c1cc(-c2ccccc2)cc(/C(C)=C/C=C\CC)n1. The Morgan fingerprint density at radius 1 is 0.619 bits per heavy atom. The first-order chi connectivity index (χ1) is 31.0. The molecule has 63 heavy (non-hydrogen) atoms. The van der Waals surface area contributed by atoms with Gasteiger partial charge in [-0.15, -0.1) is 0 Å². The van der Waals surface area contributed by atoms with E-state index < -0.39 is 0 Å². The molecule has 0 spiro atoms. The molecule has 0 radical (unpaired) electrons. The van der Waals surface area contributed by atoms with Crippen LogP contribution in [0.25, 0.3) is 105 Å². The molecular formula is C57H43N5O. The first-order valence-electron chi connectivity index (χ1n) is 21.5. The topological polar surface area (TPSA) is 60.6 Å². The Hall–Kier alpha value is -8.09. The molecule has 0 saturated carbocycles. The van der Waals surface area contributed by atoms with Gasteiger partial charge < -0.3 is 8.98 Å². The Balaban J connectivity index is 1.12. The van der Waals surface area contributed by atoms with Gasteiger partial charge in [0.2, 0.25) is 0 Å². The predicted octanol–water partition coefficient (Wildman–Crippen LogP) is 15.9. The summed E-state index contributed by atoms with van der Waals surface area (Å²) in [6.45, 7) is 10.1. The fourth-order valence-electron chi connectivity index (χ4n) is 9.24. The van der Waals surface area contributed by atoms with Crippen molar-refractivity contribution in [3.8, 4) is 33.8 Å². The number of rotatable bonds is 9. The smallest absolute Gasteiger partial charge is 0.138 e. The molecule has 7 aromatic carbocycles. The second-order valence-corrected chi connectivity index (χ2v) is 16.0. The van der Waals surface area contributed by atoms with Crippen molar-refractivity contribution < 1.29 is 4.42 Å². The quantitative estimate of drug-likeness (QED) is 0.108. The molecule has 0 unspecified atom stereocenters. The van der Waals surface area contributed by atoms with E-state index >= 15 is 0 Å². The Bertz CT molecular complexity index is 3650. The molecule has 6 nitrogen and oxygen atoms in total. The van der Waals surface area contributed by atoms with Crippen molar-refractivity contribution in [1.82, 2.24) is 14.1 Å². The number of fused-ring (bicyclic) bond motifs is 9. The minimum atomic E-state index is 0.726. The third kappa shape index (κ3) is 6.30. The van der Waals surface area contributed by atoms with Gasteiger partial charge in [0.1, 0.15) is 17.0 Å². The molecule has 0 atom stereocenters. The summed E-state index contributed by atoms with van der Waals surface area (Å²) in [5, 5.41) is 6.65. The normalized spacial score (nSPS) is 12.5. The molecule has 11 aromatic rings. The maximum Gasteiger partial charge on any atom is 0.138 e. The van der Waals surface area contributed by atoms with Crippen molar-refractivity contribution >= 4 is 95.4 Å². The molecule has 0 fully saturated rings. The summed E-state index contributed by atoms with van der Waals surface area (Å²) in [4.78, 5) is 14.7. The largest absolute Gasteiger partial charge is 0.456 e. The zero-order chi connectivity index (χ0) is 42.6. The minimum absolute atomic E-state index is 0.726. The third-order valence-corrected chi connectivity index (χ3v) is 12.2. The zero-order valence-electron chi connectivity index (χ0n) is 35.4. The average Bonchev–Trinajstić information content (AvgIpc) is 3.99. The predicted molar refractivity (Wildman–Crippen MR) is 267 cm³/mol. The van der Waals surface area contributed by atoms with Crippen LogP contribution < -0.4 is 0 Å². The number of benzene rings is 7. The molecule has 0 N–H and O–H groups in total. The Morgan fingerprint density at radius 3 is 2.00 bits per heavy atom. The second-order valence-electron chi connectivity index (χ2n) is 16.0. The van der Waals surface area contributed by atoms with Crippen molar-refractivity contribution in [2.45, 2.75) is 27.2 Å². The highest BCUT2D eigenvalue weighted by molar-refractivity contribution is 6.18. The Morgan fingerprint density at radius 2 is 1.27 bits per heavy atom. The van der Waals surface area contributed by atoms with Gasteiger partial charge in [-0.3, -0.25) is 14.6 Å². The minimum Gasteiger partial charge on any atom is -0.456 e. The molecule has 0 amide bonds. The van der Waals surface area contributed by atoms with Crippen LogP contribution in [0.2, 0.25) is 0 Å². The molecule has 4 aromatic heterocycles. The fourth-order valence-corrected chi connectivity index (χ4v) is 9.24. The van der Waals surface area contributed by atoms with Crippen LogP contribution >= 0.6 is 0 Å². The number of furan rings is 1. The summed E-state index contributed by atoms with van der Waals surface area (Å²) in [7, 11) is 0. The zero-order valence-corrected chi connectivity index (χ0v) is 35.4. The van der Waals surface area contributed by atoms with Crippen LogP contribution in [0.1, 0.15) is 32.9 Å². The first-order valence-corrected chi connectivity index (χ1v) is 21.5. The van der Waals surface area contributed by atoms with Crippen LogP contribution in [0.4, 0.5) is 11.4 Å². The van der Waals surface area contributed by atoms with Crippen LogP contribution in [-0.4, -0.2) is 27.1 Å². The highest BCUT2D eigenvalue weighted by atomic mass is 16.3. The van der Waals surface area contributed by atoms with Gasteiger partial charge in [-0.1, -0.05) is 104 Å². The van der Waals surface area contributed by atoms with Crippen LogP contribution in [0, 0.1) is 0 Å². The van der Waals surface area contributed by atoms with Crippen molar-refractivity contribution in [2.75, 3.05) is 0 Å². The second kappa shape index (κ2) is 15.4. The van der Waals surface area contributed by atoms with E-state index in [-0.39, 0.29) is 0 Å². The summed E-state index contributed by atoms with van der Waals surface area (Å²) >= 11 is 0. The van der Waals surface area contributed by atoms with Crippen molar-refractivity contribution in [2.24, 2.45) is 9.98 Å². The van der Waals surface area contributed by atoms with Gasteiger partial charge in [0.25, 0.3) is 0 Å². The van der Waals surface area contributed by atoms with Gasteiger partial charge in [0, 0.05) is 44.2 Å². The van der Waals surface area contributed by atoms with Gasteiger partial charge in [0.15, 0.2) is 0 Å². The van der Waals surface area contributed by atoms with E-state index in [0.29, 0.717) is 0 Å². The molecule has 302 valence electrons. The highest BCUT2D eigenvalue weighted by Crippen LogP contribution is 2.45. The van der Waals surface area contributed by atoms with Crippen molar-refractivity contribution in [3.63, 3.8) is 0 Å². The Kier molecular flexibility index (Phi) is 9.27. The van der Waals surface area contributed by atoms with Gasteiger partial charge >= 0.3 is 0 Å². The van der Waals surface area contributed by atoms with Crippen LogP contribution in [0.5, 0.6) is 0 Å².